The second-order valence-corrected chi connectivity index (χ2v) is 4.72. The van der Waals surface area contributed by atoms with Gasteiger partial charge in [-0.1, -0.05) is 12.1 Å². The molecule has 0 radical (unpaired) electrons. The number of aromatic nitrogens is 1. The van der Waals surface area contributed by atoms with Gasteiger partial charge in [0.15, 0.2) is 0 Å². The standard InChI is InChI=1S/C13H12BrFN2/c1-9-7-10(14)8-16-13(9)17(2)12-6-4-3-5-11(12)15/h3-8H,1-2H3. The van der Waals surface area contributed by atoms with Crippen molar-refractivity contribution in [2.45, 2.75) is 6.92 Å². The van der Waals surface area contributed by atoms with Gasteiger partial charge in [-0.2, -0.15) is 0 Å². The molecule has 0 N–H and O–H groups in total. The van der Waals surface area contributed by atoms with Crippen LogP contribution in [0.25, 0.3) is 0 Å². The summed E-state index contributed by atoms with van der Waals surface area (Å²) in [5, 5.41) is 0. The Morgan fingerprint density at radius 3 is 2.65 bits per heavy atom. The smallest absolute Gasteiger partial charge is 0.146 e. The Bertz CT molecular complexity index is 543. The molecule has 0 spiro atoms. The van der Waals surface area contributed by atoms with Crippen molar-refractivity contribution in [2.75, 3.05) is 11.9 Å². The molecule has 0 unspecified atom stereocenters. The maximum Gasteiger partial charge on any atom is 0.146 e. The summed E-state index contributed by atoms with van der Waals surface area (Å²) in [6.07, 6.45) is 1.71. The third-order valence-electron chi connectivity index (χ3n) is 2.55. The van der Waals surface area contributed by atoms with Gasteiger partial charge in [0.25, 0.3) is 0 Å². The van der Waals surface area contributed by atoms with Crippen LogP contribution in [0.2, 0.25) is 0 Å². The molecule has 1 aromatic carbocycles. The molecule has 0 amide bonds. The lowest BCUT2D eigenvalue weighted by molar-refractivity contribution is 0.627. The van der Waals surface area contributed by atoms with Crippen molar-refractivity contribution < 1.29 is 4.39 Å². The zero-order valence-electron chi connectivity index (χ0n) is 9.61. The monoisotopic (exact) mass is 294 g/mol. The van der Waals surface area contributed by atoms with Gasteiger partial charge in [0, 0.05) is 17.7 Å². The van der Waals surface area contributed by atoms with Crippen LogP contribution in [0.15, 0.2) is 41.0 Å². The zero-order chi connectivity index (χ0) is 12.4. The maximum atomic E-state index is 13.7. The molecule has 2 aromatic rings. The predicted molar refractivity (Wildman–Crippen MR) is 71.1 cm³/mol. The molecule has 0 aliphatic carbocycles. The summed E-state index contributed by atoms with van der Waals surface area (Å²) in [5.41, 5.74) is 1.51. The second kappa shape index (κ2) is 4.84. The Balaban J connectivity index is 2.44. The Labute approximate surface area is 108 Å². The summed E-state index contributed by atoms with van der Waals surface area (Å²) >= 11 is 3.36. The molecule has 0 fully saturated rings. The van der Waals surface area contributed by atoms with E-state index < -0.39 is 0 Å². The van der Waals surface area contributed by atoms with Gasteiger partial charge in [0.05, 0.1) is 5.69 Å². The SMILES string of the molecule is Cc1cc(Br)cnc1N(C)c1ccccc1F. The third kappa shape index (κ3) is 2.47. The first-order valence-corrected chi connectivity index (χ1v) is 5.99. The minimum atomic E-state index is -0.251. The zero-order valence-corrected chi connectivity index (χ0v) is 11.2. The molecule has 88 valence electrons. The second-order valence-electron chi connectivity index (χ2n) is 3.80. The van der Waals surface area contributed by atoms with Gasteiger partial charge in [0.1, 0.15) is 11.6 Å². The molecule has 4 heteroatoms. The Morgan fingerprint density at radius 2 is 2.00 bits per heavy atom. The van der Waals surface area contributed by atoms with Crippen molar-refractivity contribution in [3.63, 3.8) is 0 Å². The highest BCUT2D eigenvalue weighted by atomic mass is 79.9. The van der Waals surface area contributed by atoms with Gasteiger partial charge >= 0.3 is 0 Å². The molecule has 2 rings (SSSR count). The Hall–Kier alpha value is -1.42. The normalized spacial score (nSPS) is 10.4. The molecule has 0 aliphatic rings. The first-order valence-electron chi connectivity index (χ1n) is 5.20. The van der Waals surface area contributed by atoms with Crippen molar-refractivity contribution in [1.29, 1.82) is 0 Å². The van der Waals surface area contributed by atoms with Gasteiger partial charge in [0.2, 0.25) is 0 Å². The number of hydrogen-bond donors (Lipinski definition) is 0. The van der Waals surface area contributed by atoms with Gasteiger partial charge in [-0.15, -0.1) is 0 Å². The molecule has 0 aliphatic heterocycles. The van der Waals surface area contributed by atoms with E-state index in [1.807, 2.05) is 26.1 Å². The molecule has 0 saturated heterocycles. The number of hydrogen-bond acceptors (Lipinski definition) is 2. The van der Waals surface area contributed by atoms with Crippen molar-refractivity contribution >= 4 is 27.4 Å². The highest BCUT2D eigenvalue weighted by Gasteiger charge is 2.12. The van der Waals surface area contributed by atoms with E-state index in [0.29, 0.717) is 5.69 Å². The van der Waals surface area contributed by atoms with E-state index in [1.165, 1.54) is 6.07 Å². The number of aryl methyl sites for hydroxylation is 1. The molecule has 1 aromatic heterocycles. The fourth-order valence-corrected chi connectivity index (χ4v) is 2.17. The van der Waals surface area contributed by atoms with E-state index in [0.717, 1.165) is 15.9 Å². The van der Waals surface area contributed by atoms with Crippen LogP contribution in [0, 0.1) is 12.7 Å². The van der Waals surface area contributed by atoms with E-state index in [-0.39, 0.29) is 5.82 Å². The topological polar surface area (TPSA) is 16.1 Å². The maximum absolute atomic E-state index is 13.7. The number of rotatable bonds is 2. The number of anilines is 2. The Kier molecular flexibility index (Phi) is 3.43. The van der Waals surface area contributed by atoms with Gasteiger partial charge in [-0.3, -0.25) is 0 Å². The summed E-state index contributed by atoms with van der Waals surface area (Å²) in [7, 11) is 1.81. The lowest BCUT2D eigenvalue weighted by Crippen LogP contribution is -2.14. The fourth-order valence-electron chi connectivity index (χ4n) is 1.72. The van der Waals surface area contributed by atoms with Crippen LogP contribution >= 0.6 is 15.9 Å². The molecule has 0 bridgehead atoms. The fraction of sp³-hybridized carbons (Fsp3) is 0.154. The lowest BCUT2D eigenvalue weighted by Gasteiger charge is -2.20. The van der Waals surface area contributed by atoms with Crippen LogP contribution in [-0.2, 0) is 0 Å². The molecule has 1 heterocycles. The van der Waals surface area contributed by atoms with Crippen LogP contribution < -0.4 is 4.90 Å². The minimum Gasteiger partial charge on any atom is -0.327 e. The summed E-state index contributed by atoms with van der Waals surface area (Å²) < 4.78 is 14.6. The van der Waals surface area contributed by atoms with Crippen molar-refractivity contribution in [2.24, 2.45) is 0 Å². The van der Waals surface area contributed by atoms with Crippen LogP contribution in [0.3, 0.4) is 0 Å². The number of pyridine rings is 1. The summed E-state index contributed by atoms with van der Waals surface area (Å²) in [6.45, 7) is 1.95. The predicted octanol–water partition coefficient (Wildman–Crippen LogP) is 4.06. The summed E-state index contributed by atoms with van der Waals surface area (Å²) in [6, 6.07) is 8.62. The van der Waals surface area contributed by atoms with E-state index >= 15 is 0 Å². The first kappa shape index (κ1) is 12.0. The quantitative estimate of drug-likeness (QED) is 0.830. The molecular weight excluding hydrogens is 283 g/mol. The van der Waals surface area contributed by atoms with Gasteiger partial charge in [-0.25, -0.2) is 9.37 Å². The number of halogens is 2. The summed E-state index contributed by atoms with van der Waals surface area (Å²) in [4.78, 5) is 6.05. The highest BCUT2D eigenvalue weighted by Crippen LogP contribution is 2.27. The average Bonchev–Trinajstić information content (AvgIpc) is 2.29. The van der Waals surface area contributed by atoms with Crippen molar-refractivity contribution in [3.8, 4) is 0 Å². The van der Waals surface area contributed by atoms with Crippen molar-refractivity contribution in [3.05, 3.63) is 52.4 Å². The third-order valence-corrected chi connectivity index (χ3v) is 2.98. The van der Waals surface area contributed by atoms with Gasteiger partial charge < -0.3 is 4.90 Å². The van der Waals surface area contributed by atoms with E-state index in [1.54, 1.807) is 23.2 Å². The Morgan fingerprint density at radius 1 is 1.29 bits per heavy atom. The van der Waals surface area contributed by atoms with Crippen molar-refractivity contribution in [1.82, 2.24) is 4.98 Å². The first-order chi connectivity index (χ1) is 8.09. The summed E-state index contributed by atoms with van der Waals surface area (Å²) in [5.74, 6) is 0.498. The molecule has 0 saturated carbocycles. The molecule has 17 heavy (non-hydrogen) atoms. The molecular formula is C13H12BrFN2. The largest absolute Gasteiger partial charge is 0.327 e. The van der Waals surface area contributed by atoms with Crippen LogP contribution in [0.4, 0.5) is 15.9 Å². The number of nitrogens with zero attached hydrogens (tertiary/aromatic N) is 2. The lowest BCUT2D eigenvalue weighted by atomic mass is 10.2. The van der Waals surface area contributed by atoms with Crippen LogP contribution in [0.1, 0.15) is 5.56 Å². The van der Waals surface area contributed by atoms with Crippen LogP contribution in [-0.4, -0.2) is 12.0 Å². The average molecular weight is 295 g/mol. The molecule has 0 atom stereocenters. The van der Waals surface area contributed by atoms with Gasteiger partial charge in [-0.05, 0) is 46.6 Å². The number of benzene rings is 1. The highest BCUT2D eigenvalue weighted by molar-refractivity contribution is 9.10. The molecule has 2 nitrogen and oxygen atoms in total. The number of para-hydroxylation sites is 1. The van der Waals surface area contributed by atoms with E-state index in [2.05, 4.69) is 20.9 Å². The van der Waals surface area contributed by atoms with E-state index in [9.17, 15) is 4.39 Å². The minimum absolute atomic E-state index is 0.251. The van der Waals surface area contributed by atoms with Crippen LogP contribution in [0.5, 0.6) is 0 Å². The van der Waals surface area contributed by atoms with E-state index in [4.69, 9.17) is 0 Å².